The molecular formula is C24H26F3N3O5. The number of nitrogens with one attached hydrogen (secondary N) is 2. The normalized spacial score (nSPS) is 30.7. The van der Waals surface area contributed by atoms with Crippen molar-refractivity contribution in [2.75, 3.05) is 0 Å². The lowest BCUT2D eigenvalue weighted by Gasteiger charge is -2.76. The summed E-state index contributed by atoms with van der Waals surface area (Å²) >= 11 is 0. The van der Waals surface area contributed by atoms with Gasteiger partial charge in [-0.2, -0.15) is 13.2 Å². The number of amides is 4. The fourth-order valence-corrected chi connectivity index (χ4v) is 6.33. The first-order chi connectivity index (χ1) is 16.2. The molecule has 0 spiro atoms. The molecule has 3 N–H and O–H groups in total. The van der Waals surface area contributed by atoms with Crippen molar-refractivity contribution in [2.45, 2.75) is 76.4 Å². The second-order valence-electron chi connectivity index (χ2n) is 11.0. The lowest BCUT2D eigenvalue weighted by Crippen LogP contribution is -2.77. The first-order valence-corrected chi connectivity index (χ1v) is 11.5. The van der Waals surface area contributed by atoms with Crippen LogP contribution in [0.25, 0.3) is 0 Å². The molecule has 2 bridgehead atoms. The number of nitrogens with zero attached hydrogens (tertiary/aromatic N) is 1. The largest absolute Gasteiger partial charge is 0.409 e. The molecule has 3 aliphatic carbocycles. The molecule has 3 saturated carbocycles. The maximum absolute atomic E-state index is 14.0. The second kappa shape index (κ2) is 7.28. The van der Waals surface area contributed by atoms with E-state index >= 15 is 0 Å². The molecule has 4 fully saturated rings. The van der Waals surface area contributed by atoms with Crippen LogP contribution in [0.1, 0.15) is 72.2 Å². The SMILES string of the molecule is CC(C)(O)C12CC([C@@H](NC(=O)c3ccc4c(c3)CN(C3CCC(=O)NC3=O)C4=O)C(F)(F)F)(C1)C2. The van der Waals surface area contributed by atoms with Crippen LogP contribution in [0, 0.1) is 10.8 Å². The standard InChI is InChI=1S/C24H26F3N3O5/c1-21(2,35)23-9-22(10-23,11-23)20(24(25,26)27)29-17(32)12-3-4-14-13(7-12)8-30(19(14)34)15-5-6-16(31)28-18(15)33/h3-4,7,15,20,35H,5-6,8-11H2,1-2H3,(H,29,32)(H,28,31,33)/t15?,20-,22?,23?/m1/s1. The van der Waals surface area contributed by atoms with Gasteiger partial charge in [0.2, 0.25) is 11.8 Å². The third-order valence-electron chi connectivity index (χ3n) is 8.37. The van der Waals surface area contributed by atoms with Crippen LogP contribution in [-0.2, 0) is 16.1 Å². The van der Waals surface area contributed by atoms with Gasteiger partial charge >= 0.3 is 6.18 Å². The fraction of sp³-hybridized carbons (Fsp3) is 0.583. The van der Waals surface area contributed by atoms with E-state index in [4.69, 9.17) is 0 Å². The number of piperidine rings is 1. The molecule has 2 atom stereocenters. The lowest BCUT2D eigenvalue weighted by atomic mass is 9.29. The highest BCUT2D eigenvalue weighted by molar-refractivity contribution is 6.06. The van der Waals surface area contributed by atoms with Crippen molar-refractivity contribution < 1.29 is 37.5 Å². The number of carbonyl (C=O) groups excluding carboxylic acids is 4. The zero-order valence-corrected chi connectivity index (χ0v) is 19.3. The van der Waals surface area contributed by atoms with Crippen LogP contribution in [0.4, 0.5) is 13.2 Å². The van der Waals surface area contributed by atoms with Crippen LogP contribution < -0.4 is 10.6 Å². The number of hydrogen-bond acceptors (Lipinski definition) is 5. The zero-order valence-electron chi connectivity index (χ0n) is 19.3. The van der Waals surface area contributed by atoms with Crippen LogP contribution in [0.3, 0.4) is 0 Å². The van der Waals surface area contributed by atoms with Gasteiger partial charge in [0, 0.05) is 34.9 Å². The Morgan fingerprint density at radius 1 is 1.20 bits per heavy atom. The zero-order chi connectivity index (χ0) is 25.6. The highest BCUT2D eigenvalue weighted by Crippen LogP contribution is 2.79. The molecule has 188 valence electrons. The minimum absolute atomic E-state index is 0.0141. The van der Waals surface area contributed by atoms with E-state index < -0.39 is 58.3 Å². The minimum atomic E-state index is -4.66. The summed E-state index contributed by atoms with van der Waals surface area (Å²) in [6.45, 7) is 3.21. The van der Waals surface area contributed by atoms with Gasteiger partial charge in [0.05, 0.1) is 5.60 Å². The van der Waals surface area contributed by atoms with E-state index in [1.807, 2.05) is 0 Å². The Labute approximate surface area is 199 Å². The third kappa shape index (κ3) is 3.54. The second-order valence-corrected chi connectivity index (χ2v) is 11.0. The molecule has 5 aliphatic rings. The maximum atomic E-state index is 14.0. The van der Waals surface area contributed by atoms with E-state index in [0.717, 1.165) is 0 Å². The number of carbonyl (C=O) groups is 4. The molecule has 4 amide bonds. The summed E-state index contributed by atoms with van der Waals surface area (Å²) in [4.78, 5) is 50.6. The first-order valence-electron chi connectivity index (χ1n) is 11.5. The average Bonchev–Trinajstić information content (AvgIpc) is 2.99. The Morgan fingerprint density at radius 3 is 2.43 bits per heavy atom. The fourth-order valence-electron chi connectivity index (χ4n) is 6.33. The number of benzene rings is 1. The molecule has 8 nitrogen and oxygen atoms in total. The van der Waals surface area contributed by atoms with E-state index in [1.54, 1.807) is 13.8 Å². The lowest BCUT2D eigenvalue weighted by molar-refractivity contribution is -0.330. The maximum Gasteiger partial charge on any atom is 0.409 e. The third-order valence-corrected chi connectivity index (χ3v) is 8.37. The van der Waals surface area contributed by atoms with Gasteiger partial charge < -0.3 is 15.3 Å². The van der Waals surface area contributed by atoms with Gasteiger partial charge in [-0.25, -0.2) is 0 Å². The van der Waals surface area contributed by atoms with E-state index in [-0.39, 0.29) is 49.8 Å². The summed E-state index contributed by atoms with van der Waals surface area (Å²) in [5, 5.41) is 14.7. The summed E-state index contributed by atoms with van der Waals surface area (Å²) in [6, 6.07) is 1.19. The summed E-state index contributed by atoms with van der Waals surface area (Å²) in [7, 11) is 0. The Morgan fingerprint density at radius 2 is 1.86 bits per heavy atom. The number of halogens is 3. The van der Waals surface area contributed by atoms with Gasteiger partial charge in [-0.15, -0.1) is 0 Å². The predicted octanol–water partition coefficient (Wildman–Crippen LogP) is 2.05. The van der Waals surface area contributed by atoms with Crippen molar-refractivity contribution in [1.82, 2.24) is 15.5 Å². The number of fused-ring (bicyclic) bond motifs is 1. The van der Waals surface area contributed by atoms with E-state index in [9.17, 15) is 37.5 Å². The first kappa shape index (κ1) is 23.8. The van der Waals surface area contributed by atoms with Crippen LogP contribution in [-0.4, -0.2) is 57.5 Å². The summed E-state index contributed by atoms with van der Waals surface area (Å²) in [5.41, 5.74) is -2.07. The Bertz CT molecular complexity index is 1140. The minimum Gasteiger partial charge on any atom is -0.390 e. The van der Waals surface area contributed by atoms with Crippen molar-refractivity contribution in [3.05, 3.63) is 34.9 Å². The van der Waals surface area contributed by atoms with Crippen LogP contribution in [0.2, 0.25) is 0 Å². The van der Waals surface area contributed by atoms with Crippen molar-refractivity contribution in [1.29, 1.82) is 0 Å². The highest BCUT2D eigenvalue weighted by Gasteiger charge is 2.78. The van der Waals surface area contributed by atoms with Crippen LogP contribution >= 0.6 is 0 Å². The topological polar surface area (TPSA) is 116 Å². The molecule has 2 aliphatic heterocycles. The van der Waals surface area contributed by atoms with Gasteiger partial charge in [-0.1, -0.05) is 0 Å². The monoisotopic (exact) mass is 493 g/mol. The number of hydrogen-bond donors (Lipinski definition) is 3. The highest BCUT2D eigenvalue weighted by atomic mass is 19.4. The van der Waals surface area contributed by atoms with Crippen molar-refractivity contribution >= 4 is 23.6 Å². The van der Waals surface area contributed by atoms with Gasteiger partial charge in [0.1, 0.15) is 12.1 Å². The van der Waals surface area contributed by atoms with E-state index in [0.29, 0.717) is 5.56 Å². The molecular weight excluding hydrogens is 467 g/mol. The molecule has 1 saturated heterocycles. The van der Waals surface area contributed by atoms with Gasteiger partial charge in [0.25, 0.3) is 11.8 Å². The summed E-state index contributed by atoms with van der Waals surface area (Å²) in [5.74, 6) is -2.31. The Balaban J connectivity index is 1.32. The van der Waals surface area contributed by atoms with Crippen molar-refractivity contribution in [2.24, 2.45) is 10.8 Å². The average molecular weight is 493 g/mol. The van der Waals surface area contributed by atoms with Crippen LogP contribution in [0.5, 0.6) is 0 Å². The van der Waals surface area contributed by atoms with Gasteiger partial charge in [0.15, 0.2) is 0 Å². The Hall–Kier alpha value is -2.95. The number of aliphatic hydroxyl groups is 1. The van der Waals surface area contributed by atoms with Gasteiger partial charge in [-0.3, -0.25) is 24.5 Å². The number of imide groups is 1. The van der Waals surface area contributed by atoms with Crippen molar-refractivity contribution in [3.8, 4) is 0 Å². The molecule has 0 aromatic heterocycles. The predicted molar refractivity (Wildman–Crippen MR) is 115 cm³/mol. The molecule has 6 rings (SSSR count). The Kier molecular flexibility index (Phi) is 4.95. The number of alkyl halides is 3. The van der Waals surface area contributed by atoms with E-state index in [1.165, 1.54) is 23.1 Å². The molecule has 0 radical (unpaired) electrons. The molecule has 35 heavy (non-hydrogen) atoms. The number of rotatable bonds is 5. The van der Waals surface area contributed by atoms with E-state index in [2.05, 4.69) is 10.6 Å². The molecule has 1 aromatic rings. The quantitative estimate of drug-likeness (QED) is 0.543. The summed E-state index contributed by atoms with van der Waals surface area (Å²) in [6.07, 6.45) is -3.81. The van der Waals surface area contributed by atoms with Gasteiger partial charge in [-0.05, 0) is 63.3 Å². The molecule has 1 aromatic carbocycles. The van der Waals surface area contributed by atoms with Crippen LogP contribution in [0.15, 0.2) is 18.2 Å². The molecule has 11 heteroatoms. The smallest absolute Gasteiger partial charge is 0.390 e. The molecule has 1 unspecified atom stereocenters. The molecule has 2 heterocycles. The van der Waals surface area contributed by atoms with Crippen molar-refractivity contribution in [3.63, 3.8) is 0 Å². The summed E-state index contributed by atoms with van der Waals surface area (Å²) < 4.78 is 41.9.